The molecule has 0 amide bonds. The van der Waals surface area contributed by atoms with Crippen LogP contribution >= 0.6 is 0 Å². The lowest BCUT2D eigenvalue weighted by molar-refractivity contribution is 0.197. The van der Waals surface area contributed by atoms with Crippen LogP contribution in [-0.4, -0.2) is 33.9 Å². The topological polar surface area (TPSA) is 30.5 Å². The lowest BCUT2D eigenvalue weighted by atomic mass is 9.96. The number of benzene rings is 1. The Morgan fingerprint density at radius 1 is 1.32 bits per heavy atom. The molecule has 1 fully saturated rings. The summed E-state index contributed by atoms with van der Waals surface area (Å²) in [6.45, 7) is 2.48. The normalized spacial score (nSPS) is 16.4. The molecule has 3 nitrogen and oxygen atoms in total. The van der Waals surface area contributed by atoms with E-state index in [2.05, 4.69) is 5.32 Å². The van der Waals surface area contributed by atoms with Crippen LogP contribution in [0.3, 0.4) is 0 Å². The molecule has 1 aliphatic carbocycles. The highest BCUT2D eigenvalue weighted by Crippen LogP contribution is 2.48. The molecule has 0 aromatic heterocycles. The summed E-state index contributed by atoms with van der Waals surface area (Å²) in [7, 11) is 3.20. The van der Waals surface area contributed by atoms with Crippen LogP contribution in [0.1, 0.15) is 18.4 Å². The molecule has 1 N–H and O–H groups in total. The lowest BCUT2D eigenvalue weighted by Crippen LogP contribution is -2.28. The van der Waals surface area contributed by atoms with Crippen LogP contribution < -0.4 is 10.1 Å². The minimum absolute atomic E-state index is 0.215. The molecule has 0 saturated heterocycles. The maximum atomic E-state index is 14.1. The van der Waals surface area contributed by atoms with E-state index in [0.29, 0.717) is 12.4 Å². The van der Waals surface area contributed by atoms with Crippen LogP contribution in [-0.2, 0) is 11.2 Å². The van der Waals surface area contributed by atoms with E-state index in [4.69, 9.17) is 9.47 Å². The van der Waals surface area contributed by atoms with E-state index in [-0.39, 0.29) is 11.2 Å². The molecule has 0 aliphatic heterocycles. The first-order valence-corrected chi connectivity index (χ1v) is 6.72. The summed E-state index contributed by atoms with van der Waals surface area (Å²) in [5, 5.41) is 3.38. The second-order valence-corrected chi connectivity index (χ2v) is 5.28. The Bertz CT molecular complexity index is 419. The van der Waals surface area contributed by atoms with Crippen LogP contribution in [0.4, 0.5) is 4.39 Å². The number of rotatable bonds is 8. The van der Waals surface area contributed by atoms with Crippen molar-refractivity contribution >= 4 is 0 Å². The maximum Gasteiger partial charge on any atom is 0.168 e. The van der Waals surface area contributed by atoms with E-state index in [1.807, 2.05) is 12.1 Å². The van der Waals surface area contributed by atoms with Gasteiger partial charge in [-0.3, -0.25) is 0 Å². The summed E-state index contributed by atoms with van der Waals surface area (Å²) in [6.07, 6.45) is 3.09. The van der Waals surface area contributed by atoms with Crippen LogP contribution in [0, 0.1) is 11.2 Å². The van der Waals surface area contributed by atoms with Gasteiger partial charge in [0.25, 0.3) is 0 Å². The van der Waals surface area contributed by atoms with Gasteiger partial charge in [-0.15, -0.1) is 0 Å². The number of hydrogen-bond donors (Lipinski definition) is 1. The molecule has 1 saturated carbocycles. The zero-order valence-electron chi connectivity index (χ0n) is 11.7. The van der Waals surface area contributed by atoms with E-state index in [1.54, 1.807) is 13.2 Å². The van der Waals surface area contributed by atoms with E-state index in [9.17, 15) is 4.39 Å². The van der Waals surface area contributed by atoms with Gasteiger partial charge in [-0.2, -0.15) is 0 Å². The first-order chi connectivity index (χ1) is 9.21. The molecular weight excluding hydrogens is 245 g/mol. The first kappa shape index (κ1) is 14.3. The summed E-state index contributed by atoms with van der Waals surface area (Å²) >= 11 is 0. The zero-order valence-corrected chi connectivity index (χ0v) is 11.7. The van der Waals surface area contributed by atoms with Crippen LogP contribution in [0.15, 0.2) is 18.2 Å². The summed E-state index contributed by atoms with van der Waals surface area (Å²) in [5.41, 5.74) is 0.978. The second kappa shape index (κ2) is 6.35. The largest absolute Gasteiger partial charge is 0.494 e. The van der Waals surface area contributed by atoms with Crippen molar-refractivity contribution in [2.24, 2.45) is 5.41 Å². The average molecular weight is 267 g/mol. The van der Waals surface area contributed by atoms with Crippen molar-refractivity contribution in [3.8, 4) is 5.75 Å². The predicted molar refractivity (Wildman–Crippen MR) is 73.1 cm³/mol. The van der Waals surface area contributed by atoms with Gasteiger partial charge >= 0.3 is 0 Å². The molecule has 0 atom stereocenters. The molecular formula is C15H22FNO2. The highest BCUT2D eigenvalue weighted by molar-refractivity contribution is 5.32. The van der Waals surface area contributed by atoms with Crippen molar-refractivity contribution in [3.05, 3.63) is 29.6 Å². The molecule has 4 heteroatoms. The maximum absolute atomic E-state index is 14.1. The molecule has 0 bridgehead atoms. The van der Waals surface area contributed by atoms with Gasteiger partial charge in [0.2, 0.25) is 0 Å². The van der Waals surface area contributed by atoms with Gasteiger partial charge in [-0.25, -0.2) is 4.39 Å². The first-order valence-electron chi connectivity index (χ1n) is 6.72. The highest BCUT2D eigenvalue weighted by atomic mass is 19.1. The molecule has 0 unspecified atom stereocenters. The fraction of sp³-hybridized carbons (Fsp3) is 0.600. The molecule has 106 valence electrons. The SMILES string of the molecule is COCCNCC1(Cc2cccc(OC)c2F)CC1. The third-order valence-electron chi connectivity index (χ3n) is 3.77. The average Bonchev–Trinajstić information content (AvgIpc) is 3.18. The summed E-state index contributed by atoms with van der Waals surface area (Å²) in [6, 6.07) is 5.37. The van der Waals surface area contributed by atoms with Gasteiger partial charge in [-0.1, -0.05) is 12.1 Å². The third kappa shape index (κ3) is 3.67. The monoisotopic (exact) mass is 267 g/mol. The van der Waals surface area contributed by atoms with Crippen LogP contribution in [0.25, 0.3) is 0 Å². The standard InChI is InChI=1S/C15H22FNO2/c1-18-9-8-17-11-15(6-7-15)10-12-4-3-5-13(19-2)14(12)16/h3-5,17H,6-11H2,1-2H3. The molecule has 1 aromatic rings. The molecule has 1 aromatic carbocycles. The fourth-order valence-electron chi connectivity index (χ4n) is 2.38. The van der Waals surface area contributed by atoms with Crippen molar-refractivity contribution in [1.82, 2.24) is 5.32 Å². The number of nitrogens with one attached hydrogen (secondary N) is 1. The van der Waals surface area contributed by atoms with Gasteiger partial charge in [0.05, 0.1) is 13.7 Å². The van der Waals surface area contributed by atoms with E-state index >= 15 is 0 Å². The molecule has 0 radical (unpaired) electrons. The predicted octanol–water partition coefficient (Wildman–Crippen LogP) is 2.39. The molecule has 0 heterocycles. The Morgan fingerprint density at radius 3 is 2.74 bits per heavy atom. The smallest absolute Gasteiger partial charge is 0.168 e. The fourth-order valence-corrected chi connectivity index (χ4v) is 2.38. The van der Waals surface area contributed by atoms with Gasteiger partial charge in [0, 0.05) is 20.2 Å². The van der Waals surface area contributed by atoms with E-state index in [0.717, 1.165) is 37.9 Å². The van der Waals surface area contributed by atoms with Gasteiger partial charge in [0.1, 0.15) is 0 Å². The highest BCUT2D eigenvalue weighted by Gasteiger charge is 2.42. The Kier molecular flexibility index (Phi) is 4.77. The molecule has 2 rings (SSSR count). The van der Waals surface area contributed by atoms with Crippen LogP contribution in [0.2, 0.25) is 0 Å². The number of halogens is 1. The zero-order chi connectivity index (χ0) is 13.7. The minimum Gasteiger partial charge on any atom is -0.494 e. The molecule has 1 aliphatic rings. The number of methoxy groups -OCH3 is 2. The third-order valence-corrected chi connectivity index (χ3v) is 3.77. The lowest BCUT2D eigenvalue weighted by Gasteiger charge is -2.17. The minimum atomic E-state index is -0.215. The number of ether oxygens (including phenoxy) is 2. The number of hydrogen-bond acceptors (Lipinski definition) is 3. The molecule has 0 spiro atoms. The van der Waals surface area contributed by atoms with E-state index < -0.39 is 0 Å². The van der Waals surface area contributed by atoms with Crippen molar-refractivity contribution in [3.63, 3.8) is 0 Å². The quantitative estimate of drug-likeness (QED) is 0.734. The summed E-state index contributed by atoms with van der Waals surface area (Å²) in [4.78, 5) is 0. The summed E-state index contributed by atoms with van der Waals surface area (Å²) in [5.74, 6) is 0.119. The Morgan fingerprint density at radius 2 is 2.11 bits per heavy atom. The van der Waals surface area contributed by atoms with Crippen molar-refractivity contribution in [1.29, 1.82) is 0 Å². The van der Waals surface area contributed by atoms with Crippen molar-refractivity contribution < 1.29 is 13.9 Å². The molecule has 19 heavy (non-hydrogen) atoms. The van der Waals surface area contributed by atoms with Crippen molar-refractivity contribution in [2.75, 3.05) is 33.9 Å². The summed E-state index contributed by atoms with van der Waals surface area (Å²) < 4.78 is 24.1. The Labute approximate surface area is 114 Å². The van der Waals surface area contributed by atoms with Crippen LogP contribution in [0.5, 0.6) is 5.75 Å². The Hall–Kier alpha value is -1.13. The van der Waals surface area contributed by atoms with Gasteiger partial charge in [0.15, 0.2) is 11.6 Å². The van der Waals surface area contributed by atoms with Crippen molar-refractivity contribution in [2.45, 2.75) is 19.3 Å². The van der Waals surface area contributed by atoms with Gasteiger partial charge in [-0.05, 0) is 36.3 Å². The second-order valence-electron chi connectivity index (χ2n) is 5.28. The van der Waals surface area contributed by atoms with Gasteiger partial charge < -0.3 is 14.8 Å². The Balaban J connectivity index is 1.93. The van der Waals surface area contributed by atoms with E-state index in [1.165, 1.54) is 7.11 Å².